The molecule has 3 N–H and O–H groups in total. The molecule has 0 aliphatic rings. The van der Waals surface area contributed by atoms with Crippen LogP contribution < -0.4 is 9.46 Å². The summed E-state index contributed by atoms with van der Waals surface area (Å²) >= 11 is 0.935. The van der Waals surface area contributed by atoms with Gasteiger partial charge in [-0.3, -0.25) is 4.72 Å². The highest BCUT2D eigenvalue weighted by atomic mass is 32.2. The van der Waals surface area contributed by atoms with Crippen molar-refractivity contribution in [2.45, 2.75) is 17.0 Å². The van der Waals surface area contributed by atoms with Crippen LogP contribution in [0.1, 0.15) is 5.56 Å². The van der Waals surface area contributed by atoms with E-state index in [9.17, 15) is 22.3 Å². The summed E-state index contributed by atoms with van der Waals surface area (Å²) in [5.41, 5.74) is 0.0863. The second-order valence-electron chi connectivity index (χ2n) is 5.40. The molecule has 0 unspecified atom stereocenters. The van der Waals surface area contributed by atoms with Crippen molar-refractivity contribution in [2.24, 2.45) is 0 Å². The molecule has 1 aromatic carbocycles. The van der Waals surface area contributed by atoms with Crippen molar-refractivity contribution < 1.29 is 32.1 Å². The number of rotatable bonds is 9. The zero-order valence-corrected chi connectivity index (χ0v) is 15.7. The number of halogens is 2. The monoisotopic (exact) mass is 421 g/mol. The van der Waals surface area contributed by atoms with E-state index in [1.165, 1.54) is 18.2 Å². The largest absolute Gasteiger partial charge is 0.475 e. The van der Waals surface area contributed by atoms with Gasteiger partial charge in [0.25, 0.3) is 0 Å². The Kier molecular flexibility index (Phi) is 7.30. The second kappa shape index (κ2) is 9.26. The predicted molar refractivity (Wildman–Crippen MR) is 95.0 cm³/mol. The van der Waals surface area contributed by atoms with Gasteiger partial charge in [-0.05, 0) is 6.07 Å². The highest BCUT2D eigenvalue weighted by Crippen LogP contribution is 2.26. The molecule has 2 aromatic rings. The second-order valence-corrected chi connectivity index (χ2v) is 8.09. The minimum atomic E-state index is -3.63. The van der Waals surface area contributed by atoms with E-state index < -0.39 is 34.4 Å². The lowest BCUT2D eigenvalue weighted by Gasteiger charge is -2.12. The van der Waals surface area contributed by atoms with Gasteiger partial charge in [-0.2, -0.15) is 4.98 Å². The number of nitrogens with zero attached hydrogens (tertiary/aromatic N) is 2. The first-order valence-corrected chi connectivity index (χ1v) is 10.4. The van der Waals surface area contributed by atoms with Gasteiger partial charge in [-0.1, -0.05) is 23.9 Å². The fraction of sp³-hybridized carbons (Fsp3) is 0.333. The molecule has 1 atom stereocenters. The van der Waals surface area contributed by atoms with Crippen LogP contribution in [0.15, 0.2) is 29.4 Å². The number of aliphatic hydroxyl groups is 2. The molecule has 1 aromatic heterocycles. The van der Waals surface area contributed by atoms with Gasteiger partial charge in [-0.25, -0.2) is 22.2 Å². The van der Waals surface area contributed by atoms with Crippen LogP contribution in [-0.4, -0.2) is 54.2 Å². The van der Waals surface area contributed by atoms with Crippen LogP contribution in [0, 0.1) is 11.6 Å². The normalized spacial score (nSPS) is 12.6. The van der Waals surface area contributed by atoms with Gasteiger partial charge in [0, 0.05) is 17.4 Å². The maximum Gasteiger partial charge on any atom is 0.230 e. The molecule has 0 aliphatic carbocycles. The Morgan fingerprint density at radius 3 is 2.74 bits per heavy atom. The molecule has 1 heterocycles. The number of thioether (sulfide) groups is 1. The Morgan fingerprint density at radius 1 is 1.33 bits per heavy atom. The quantitative estimate of drug-likeness (QED) is 0.407. The first-order chi connectivity index (χ1) is 12.7. The summed E-state index contributed by atoms with van der Waals surface area (Å²) in [6, 6.07) is 4.95. The summed E-state index contributed by atoms with van der Waals surface area (Å²) in [4.78, 5) is 8.01. The molecule has 2 rings (SSSR count). The maximum absolute atomic E-state index is 13.7. The molecule has 0 saturated heterocycles. The topological polar surface area (TPSA) is 122 Å². The molecular formula is C15H17F2N3O5S2. The Bertz CT molecular complexity index is 899. The predicted octanol–water partition coefficient (Wildman–Crippen LogP) is 1.15. The number of aromatic nitrogens is 2. The number of aliphatic hydroxyl groups excluding tert-OH is 2. The SMILES string of the molecule is CS(=O)(=O)Nc1cc(OC[C@H](O)CO)nc(SCc2cccc(F)c2F)n1. The van der Waals surface area contributed by atoms with Crippen LogP contribution in [0.4, 0.5) is 14.6 Å². The van der Waals surface area contributed by atoms with Crippen molar-refractivity contribution in [1.29, 1.82) is 0 Å². The van der Waals surface area contributed by atoms with E-state index >= 15 is 0 Å². The molecule has 8 nitrogen and oxygen atoms in total. The summed E-state index contributed by atoms with van der Waals surface area (Å²) in [6.45, 7) is -0.811. The van der Waals surface area contributed by atoms with Gasteiger partial charge in [0.05, 0.1) is 12.9 Å². The molecular weight excluding hydrogens is 404 g/mol. The maximum atomic E-state index is 13.7. The van der Waals surface area contributed by atoms with E-state index in [0.29, 0.717) is 0 Å². The molecule has 27 heavy (non-hydrogen) atoms. The molecule has 0 bridgehead atoms. The standard InChI is InChI=1S/C15H17F2N3O5S2/c1-27(23,24)20-12-5-13(25-7-10(22)6-21)19-15(18-12)26-8-9-3-2-4-11(16)14(9)17/h2-5,10,21-22H,6-8H2,1H3,(H,18,19,20)/t10-/m1/s1. The molecule has 0 amide bonds. The van der Waals surface area contributed by atoms with Crippen molar-refractivity contribution >= 4 is 27.6 Å². The van der Waals surface area contributed by atoms with E-state index in [1.807, 2.05) is 0 Å². The Balaban J connectivity index is 2.22. The van der Waals surface area contributed by atoms with E-state index in [-0.39, 0.29) is 34.8 Å². The molecule has 0 fully saturated rings. The van der Waals surface area contributed by atoms with Crippen molar-refractivity contribution in [3.8, 4) is 5.88 Å². The van der Waals surface area contributed by atoms with Gasteiger partial charge in [0.15, 0.2) is 16.8 Å². The van der Waals surface area contributed by atoms with Crippen molar-refractivity contribution in [2.75, 3.05) is 24.2 Å². The number of sulfonamides is 1. The van der Waals surface area contributed by atoms with Crippen LogP contribution in [0.25, 0.3) is 0 Å². The zero-order valence-electron chi connectivity index (χ0n) is 14.1. The first kappa shape index (κ1) is 21.3. The third-order valence-electron chi connectivity index (χ3n) is 2.99. The number of benzene rings is 1. The zero-order chi connectivity index (χ0) is 20.0. The van der Waals surface area contributed by atoms with Crippen molar-refractivity contribution in [3.63, 3.8) is 0 Å². The van der Waals surface area contributed by atoms with Crippen LogP contribution in [0.2, 0.25) is 0 Å². The highest BCUT2D eigenvalue weighted by molar-refractivity contribution is 7.98. The van der Waals surface area contributed by atoms with Gasteiger partial charge in [0.2, 0.25) is 15.9 Å². The molecule has 148 valence electrons. The summed E-state index contributed by atoms with van der Waals surface area (Å²) in [6.07, 6.45) is -0.219. The Morgan fingerprint density at radius 2 is 2.07 bits per heavy atom. The molecule has 0 saturated carbocycles. The minimum Gasteiger partial charge on any atom is -0.475 e. The van der Waals surface area contributed by atoms with Crippen LogP contribution in [0.3, 0.4) is 0 Å². The average Bonchev–Trinajstić information content (AvgIpc) is 2.59. The lowest BCUT2D eigenvalue weighted by Crippen LogP contribution is -2.22. The summed E-state index contributed by atoms with van der Waals surface area (Å²) in [5, 5.41) is 18.2. The van der Waals surface area contributed by atoms with Gasteiger partial charge >= 0.3 is 0 Å². The third kappa shape index (κ3) is 6.90. The number of anilines is 1. The Labute approximate surface area is 158 Å². The Hall–Kier alpha value is -2.02. The number of hydrogen-bond acceptors (Lipinski definition) is 8. The van der Waals surface area contributed by atoms with Crippen LogP contribution in [-0.2, 0) is 15.8 Å². The fourth-order valence-electron chi connectivity index (χ4n) is 1.82. The van der Waals surface area contributed by atoms with Gasteiger partial charge in [-0.15, -0.1) is 0 Å². The van der Waals surface area contributed by atoms with Crippen LogP contribution >= 0.6 is 11.8 Å². The first-order valence-electron chi connectivity index (χ1n) is 7.52. The summed E-state index contributed by atoms with van der Waals surface area (Å²) < 4.78 is 57.2. The highest BCUT2D eigenvalue weighted by Gasteiger charge is 2.13. The van der Waals surface area contributed by atoms with Crippen molar-refractivity contribution in [1.82, 2.24) is 9.97 Å². The number of hydrogen-bond donors (Lipinski definition) is 3. The van der Waals surface area contributed by atoms with Crippen LogP contribution in [0.5, 0.6) is 5.88 Å². The van der Waals surface area contributed by atoms with Gasteiger partial charge < -0.3 is 14.9 Å². The minimum absolute atomic E-state index is 0.00930. The fourth-order valence-corrected chi connectivity index (χ4v) is 3.13. The van der Waals surface area contributed by atoms with E-state index in [0.717, 1.165) is 24.1 Å². The summed E-state index contributed by atoms with van der Waals surface area (Å²) in [5.74, 6) is -2.14. The molecule has 12 heteroatoms. The average molecular weight is 421 g/mol. The lowest BCUT2D eigenvalue weighted by atomic mass is 10.2. The number of nitrogens with one attached hydrogen (secondary N) is 1. The van der Waals surface area contributed by atoms with Gasteiger partial charge in [0.1, 0.15) is 18.5 Å². The lowest BCUT2D eigenvalue weighted by molar-refractivity contribution is 0.0518. The summed E-state index contributed by atoms with van der Waals surface area (Å²) in [7, 11) is -3.63. The molecule has 0 aliphatic heterocycles. The van der Waals surface area contributed by atoms with E-state index in [4.69, 9.17) is 9.84 Å². The molecule has 0 radical (unpaired) electrons. The molecule has 0 spiro atoms. The third-order valence-corrected chi connectivity index (χ3v) is 4.47. The van der Waals surface area contributed by atoms with Crippen molar-refractivity contribution in [3.05, 3.63) is 41.5 Å². The van der Waals surface area contributed by atoms with E-state index in [1.54, 1.807) is 0 Å². The number of ether oxygens (including phenoxy) is 1. The smallest absolute Gasteiger partial charge is 0.230 e. The van der Waals surface area contributed by atoms with E-state index in [2.05, 4.69) is 14.7 Å².